The molecule has 0 aliphatic heterocycles. The van der Waals surface area contributed by atoms with Crippen molar-refractivity contribution >= 4 is 11.4 Å². The first kappa shape index (κ1) is 6.93. The summed E-state index contributed by atoms with van der Waals surface area (Å²) in [6.45, 7) is 0. The van der Waals surface area contributed by atoms with Crippen LogP contribution < -0.4 is 10.6 Å². The van der Waals surface area contributed by atoms with Gasteiger partial charge in [-0.2, -0.15) is 0 Å². The smallest absolute Gasteiger partial charge is 0.0573 e. The van der Waals surface area contributed by atoms with Crippen LogP contribution in [0.25, 0.3) is 0 Å². The molecule has 0 heterocycles. The highest BCUT2D eigenvalue weighted by atomic mass is 14.9. The van der Waals surface area contributed by atoms with E-state index >= 15 is 0 Å². The Hall–Kier alpha value is -1.18. The molecule has 0 aliphatic rings. The molecule has 2 nitrogen and oxygen atoms in total. The zero-order valence-electron chi connectivity index (χ0n) is 6.31. The third kappa shape index (κ3) is 1.21. The minimum absolute atomic E-state index is 0. The van der Waals surface area contributed by atoms with Gasteiger partial charge in [0.2, 0.25) is 0 Å². The summed E-state index contributed by atoms with van der Waals surface area (Å²) < 4.78 is 0. The summed E-state index contributed by atoms with van der Waals surface area (Å²) in [5.74, 6) is 0. The summed E-state index contributed by atoms with van der Waals surface area (Å²) in [5.41, 5.74) is 2.26. The minimum atomic E-state index is 0. The average Bonchev–Trinajstić information content (AvgIpc) is 2.04. The van der Waals surface area contributed by atoms with Crippen molar-refractivity contribution in [2.45, 2.75) is 0 Å². The number of hydrogen-bond acceptors (Lipinski definition) is 2. The van der Waals surface area contributed by atoms with Crippen molar-refractivity contribution in [3.8, 4) is 0 Å². The lowest BCUT2D eigenvalue weighted by atomic mass is 10.3. The molecule has 0 aromatic heterocycles. The number of para-hydroxylation sites is 2. The van der Waals surface area contributed by atoms with Gasteiger partial charge in [-0.1, -0.05) is 12.1 Å². The van der Waals surface area contributed by atoms with Crippen molar-refractivity contribution in [3.63, 3.8) is 0 Å². The topological polar surface area (TPSA) is 24.1 Å². The molecule has 0 atom stereocenters. The summed E-state index contributed by atoms with van der Waals surface area (Å²) in [6.07, 6.45) is 0. The first-order chi connectivity index (χ1) is 4.88. The van der Waals surface area contributed by atoms with Gasteiger partial charge in [0.15, 0.2) is 0 Å². The fraction of sp³-hybridized carbons (Fsp3) is 0.250. The number of rotatable bonds is 2. The van der Waals surface area contributed by atoms with E-state index in [0.29, 0.717) is 0 Å². The van der Waals surface area contributed by atoms with Gasteiger partial charge < -0.3 is 10.6 Å². The van der Waals surface area contributed by atoms with Crippen molar-refractivity contribution in [2.24, 2.45) is 0 Å². The number of nitrogens with one attached hydrogen (secondary N) is 2. The van der Waals surface area contributed by atoms with Gasteiger partial charge in [-0.3, -0.25) is 0 Å². The van der Waals surface area contributed by atoms with Crippen LogP contribution in [-0.2, 0) is 0 Å². The first-order valence-electron chi connectivity index (χ1n) is 3.33. The zero-order chi connectivity index (χ0) is 7.40. The zero-order valence-corrected chi connectivity index (χ0v) is 6.31. The Balaban J connectivity index is 0.000001000. The van der Waals surface area contributed by atoms with Crippen LogP contribution >= 0.6 is 0 Å². The van der Waals surface area contributed by atoms with E-state index in [0.717, 1.165) is 11.4 Å². The van der Waals surface area contributed by atoms with Crippen LogP contribution in [0, 0.1) is 0 Å². The molecule has 0 fully saturated rings. The van der Waals surface area contributed by atoms with Crippen molar-refractivity contribution in [1.82, 2.24) is 0 Å². The van der Waals surface area contributed by atoms with Crippen molar-refractivity contribution < 1.29 is 1.43 Å². The Bertz CT molecular complexity index is 190. The number of benzene rings is 1. The van der Waals surface area contributed by atoms with Gasteiger partial charge in [-0.25, -0.2) is 0 Å². The summed E-state index contributed by atoms with van der Waals surface area (Å²) in [6, 6.07) is 8.08. The fourth-order valence-electron chi connectivity index (χ4n) is 0.919. The lowest BCUT2D eigenvalue weighted by Gasteiger charge is -2.06. The second-order valence-electron chi connectivity index (χ2n) is 2.05. The molecule has 56 valence electrons. The van der Waals surface area contributed by atoms with E-state index in [1.807, 2.05) is 38.4 Å². The Morgan fingerprint density at radius 3 is 1.70 bits per heavy atom. The van der Waals surface area contributed by atoms with Gasteiger partial charge in [0.25, 0.3) is 0 Å². The molecule has 0 unspecified atom stereocenters. The normalized spacial score (nSPS) is 9.00. The van der Waals surface area contributed by atoms with Gasteiger partial charge in [0.1, 0.15) is 0 Å². The average molecular weight is 139 g/mol. The molecule has 0 saturated heterocycles. The Morgan fingerprint density at radius 2 is 1.40 bits per heavy atom. The number of hydrogen-bond donors (Lipinski definition) is 2. The van der Waals surface area contributed by atoms with E-state index in [1.165, 1.54) is 0 Å². The quantitative estimate of drug-likeness (QED) is 0.655. The van der Waals surface area contributed by atoms with Crippen LogP contribution in [0.2, 0.25) is 0 Å². The molecule has 0 saturated carbocycles. The fourth-order valence-corrected chi connectivity index (χ4v) is 0.919. The molecule has 0 aliphatic carbocycles. The molecule has 2 N–H and O–H groups in total. The third-order valence-corrected chi connectivity index (χ3v) is 1.47. The monoisotopic (exact) mass is 139 g/mol. The minimum Gasteiger partial charge on any atom is -0.386 e. The van der Waals surface area contributed by atoms with Crippen LogP contribution in [0.15, 0.2) is 24.3 Å². The largest absolute Gasteiger partial charge is 0.386 e. The highest BCUT2D eigenvalue weighted by Gasteiger charge is 1.92. The summed E-state index contributed by atoms with van der Waals surface area (Å²) >= 11 is 0. The summed E-state index contributed by atoms with van der Waals surface area (Å²) in [4.78, 5) is 0. The lowest BCUT2D eigenvalue weighted by molar-refractivity contribution is 1.45. The summed E-state index contributed by atoms with van der Waals surface area (Å²) in [7, 11) is 3.83. The van der Waals surface area contributed by atoms with Crippen LogP contribution in [0.1, 0.15) is 1.43 Å². The molecule has 0 spiro atoms. The third-order valence-electron chi connectivity index (χ3n) is 1.47. The molecule has 0 amide bonds. The molecule has 2 heteroatoms. The highest BCUT2D eigenvalue weighted by Crippen LogP contribution is 2.18. The van der Waals surface area contributed by atoms with Crippen LogP contribution in [-0.4, -0.2) is 14.1 Å². The maximum Gasteiger partial charge on any atom is 0.0573 e. The molecular weight excluding hydrogens is 124 g/mol. The van der Waals surface area contributed by atoms with Gasteiger partial charge in [-0.15, -0.1) is 0 Å². The van der Waals surface area contributed by atoms with Crippen molar-refractivity contribution in [3.05, 3.63) is 24.3 Å². The van der Waals surface area contributed by atoms with E-state index in [2.05, 4.69) is 10.6 Å². The first-order valence-corrected chi connectivity index (χ1v) is 3.33. The second-order valence-corrected chi connectivity index (χ2v) is 2.05. The van der Waals surface area contributed by atoms with Gasteiger partial charge >= 0.3 is 0 Å². The Kier molecular flexibility index (Phi) is 2.15. The molecule has 10 heavy (non-hydrogen) atoms. The van der Waals surface area contributed by atoms with E-state index < -0.39 is 0 Å². The lowest BCUT2D eigenvalue weighted by Crippen LogP contribution is -1.95. The second kappa shape index (κ2) is 3.11. The molecule has 1 aromatic rings. The van der Waals surface area contributed by atoms with Crippen molar-refractivity contribution in [1.29, 1.82) is 0 Å². The van der Waals surface area contributed by atoms with E-state index in [4.69, 9.17) is 0 Å². The van der Waals surface area contributed by atoms with Gasteiger partial charge in [0, 0.05) is 15.5 Å². The van der Waals surface area contributed by atoms with Crippen LogP contribution in [0.3, 0.4) is 0 Å². The SMILES string of the molecule is CNc1ccccc1NC.[2HH]. The number of anilines is 2. The van der Waals surface area contributed by atoms with Crippen LogP contribution in [0.4, 0.5) is 11.4 Å². The molecule has 0 bridgehead atoms. The molecule has 1 aromatic carbocycles. The highest BCUT2D eigenvalue weighted by molar-refractivity contribution is 5.67. The maximum atomic E-state index is 3.08. The standard InChI is InChI=1S/C8H12N2.H2/c1-9-7-5-3-4-6-8(7)10-2;/h3-6,9-10H,1-2H3;1H/i;1+1. The van der Waals surface area contributed by atoms with Gasteiger partial charge in [0.05, 0.1) is 11.4 Å². The Labute approximate surface area is 62.7 Å². The van der Waals surface area contributed by atoms with E-state index in [-0.39, 0.29) is 1.43 Å². The summed E-state index contributed by atoms with van der Waals surface area (Å²) in [5, 5.41) is 6.17. The maximum absolute atomic E-state index is 3.08. The molecular formula is C8H14N2. The van der Waals surface area contributed by atoms with E-state index in [1.54, 1.807) is 0 Å². The predicted molar refractivity (Wildman–Crippen MR) is 47.6 cm³/mol. The molecule has 0 radical (unpaired) electrons. The van der Waals surface area contributed by atoms with Gasteiger partial charge in [-0.05, 0) is 12.1 Å². The Morgan fingerprint density at radius 1 is 1.00 bits per heavy atom. The molecule has 1 rings (SSSR count). The predicted octanol–water partition coefficient (Wildman–Crippen LogP) is 2.02. The van der Waals surface area contributed by atoms with Crippen LogP contribution in [0.5, 0.6) is 0 Å². The van der Waals surface area contributed by atoms with Crippen molar-refractivity contribution in [2.75, 3.05) is 24.7 Å². The van der Waals surface area contributed by atoms with E-state index in [9.17, 15) is 0 Å².